The van der Waals surface area contributed by atoms with Crippen molar-refractivity contribution in [3.63, 3.8) is 0 Å². The van der Waals surface area contributed by atoms with Gasteiger partial charge in [0.1, 0.15) is 6.10 Å². The Balaban J connectivity index is 1.60. The van der Waals surface area contributed by atoms with Crippen LogP contribution in [0.25, 0.3) is 5.57 Å². The molecule has 1 fully saturated rings. The van der Waals surface area contributed by atoms with Gasteiger partial charge in [-0.1, -0.05) is 66.7 Å². The number of fused-ring (bicyclic) bond motifs is 1. The van der Waals surface area contributed by atoms with E-state index >= 15 is 0 Å². The number of hydrogen-bond acceptors (Lipinski definition) is 3. The van der Waals surface area contributed by atoms with Crippen LogP contribution in [0.2, 0.25) is 0 Å². The van der Waals surface area contributed by atoms with E-state index in [4.69, 9.17) is 14.5 Å². The van der Waals surface area contributed by atoms with E-state index in [9.17, 15) is 0 Å². The van der Waals surface area contributed by atoms with Crippen LogP contribution in [0.4, 0.5) is 0 Å². The van der Waals surface area contributed by atoms with Gasteiger partial charge in [-0.3, -0.25) is 0 Å². The number of rotatable bonds is 2. The second kappa shape index (κ2) is 5.93. The van der Waals surface area contributed by atoms with Gasteiger partial charge in [0.05, 0.1) is 6.10 Å². The van der Waals surface area contributed by atoms with Crippen LogP contribution in [0.5, 0.6) is 0 Å². The van der Waals surface area contributed by atoms with E-state index in [-0.39, 0.29) is 12.2 Å². The molecule has 0 N–H and O–H groups in total. The molecule has 2 aliphatic rings. The summed E-state index contributed by atoms with van der Waals surface area (Å²) in [5.74, 6) is -0.860. The molecule has 1 aliphatic heterocycles. The van der Waals surface area contributed by atoms with Crippen molar-refractivity contribution in [2.45, 2.75) is 37.8 Å². The molecule has 3 nitrogen and oxygen atoms in total. The summed E-state index contributed by atoms with van der Waals surface area (Å²) in [7, 11) is 0. The van der Waals surface area contributed by atoms with Gasteiger partial charge in [-0.25, -0.2) is 4.89 Å². The van der Waals surface area contributed by atoms with Gasteiger partial charge in [0, 0.05) is 5.56 Å². The molecule has 1 unspecified atom stereocenters. The maximum absolute atomic E-state index is 6.33. The molecule has 0 saturated carbocycles. The Morgan fingerprint density at radius 1 is 0.957 bits per heavy atom. The molecule has 3 heteroatoms. The average molecular weight is 308 g/mol. The van der Waals surface area contributed by atoms with Gasteiger partial charge >= 0.3 is 0 Å². The predicted octanol–water partition coefficient (Wildman–Crippen LogP) is 4.45. The summed E-state index contributed by atoms with van der Waals surface area (Å²) in [6, 6.07) is 20.2. The summed E-state index contributed by atoms with van der Waals surface area (Å²) in [6.07, 6.45) is 3.97. The minimum absolute atomic E-state index is 0.00541. The third kappa shape index (κ3) is 2.72. The summed E-state index contributed by atoms with van der Waals surface area (Å²) in [4.78, 5) is 11.5. The molecule has 1 heterocycles. The molecule has 0 radical (unpaired) electrons. The predicted molar refractivity (Wildman–Crippen MR) is 88.3 cm³/mol. The molecular formula is C20H20O3. The normalized spacial score (nSPS) is 30.4. The van der Waals surface area contributed by atoms with Crippen molar-refractivity contribution in [1.82, 2.24) is 0 Å². The van der Waals surface area contributed by atoms with Crippen LogP contribution in [0.1, 0.15) is 30.9 Å². The molecule has 1 aliphatic carbocycles. The Morgan fingerprint density at radius 2 is 1.65 bits per heavy atom. The molecule has 23 heavy (non-hydrogen) atoms. The minimum Gasteiger partial charge on any atom is -0.337 e. The molecule has 0 amide bonds. The zero-order chi connectivity index (χ0) is 15.7. The van der Waals surface area contributed by atoms with E-state index in [2.05, 4.69) is 18.2 Å². The molecule has 3 atom stereocenters. The SMILES string of the molecule is CC1(c2ccccc2)OO[C@H]2C(c3ccccc3)=CCC[C@@H]2O1. The molecular weight excluding hydrogens is 288 g/mol. The maximum Gasteiger partial charge on any atom is 0.225 e. The molecule has 1 saturated heterocycles. The van der Waals surface area contributed by atoms with Gasteiger partial charge in [-0.2, -0.15) is 4.89 Å². The molecule has 118 valence electrons. The standard InChI is InChI=1S/C20H20O3/c1-20(16-11-6-3-7-12-16)21-18-14-8-13-17(19(18)22-23-20)15-9-4-2-5-10-15/h2-7,9-13,18-19H,8,14H2,1H3/t18-,19-,20?/m0/s1. The number of benzene rings is 2. The van der Waals surface area contributed by atoms with Gasteiger partial charge in [0.2, 0.25) is 5.79 Å². The summed E-state index contributed by atoms with van der Waals surface area (Å²) in [5, 5.41) is 0. The molecule has 4 rings (SSSR count). The van der Waals surface area contributed by atoms with Crippen LogP contribution in [-0.4, -0.2) is 12.2 Å². The van der Waals surface area contributed by atoms with Crippen LogP contribution >= 0.6 is 0 Å². The highest BCUT2D eigenvalue weighted by Crippen LogP contribution is 2.41. The van der Waals surface area contributed by atoms with Crippen LogP contribution in [0.15, 0.2) is 66.7 Å². The first kappa shape index (κ1) is 14.6. The van der Waals surface area contributed by atoms with E-state index in [0.717, 1.165) is 29.5 Å². The van der Waals surface area contributed by atoms with Crippen molar-refractivity contribution >= 4 is 5.57 Å². The molecule has 0 bridgehead atoms. The third-order valence-electron chi connectivity index (χ3n) is 4.55. The average Bonchev–Trinajstić information content (AvgIpc) is 2.62. The van der Waals surface area contributed by atoms with Gasteiger partial charge < -0.3 is 4.74 Å². The van der Waals surface area contributed by atoms with Gasteiger partial charge in [-0.15, -0.1) is 0 Å². The van der Waals surface area contributed by atoms with Gasteiger partial charge in [0.25, 0.3) is 0 Å². The highest BCUT2D eigenvalue weighted by atomic mass is 17.2. The first-order valence-corrected chi connectivity index (χ1v) is 8.09. The van der Waals surface area contributed by atoms with Crippen molar-refractivity contribution in [2.75, 3.05) is 0 Å². The fraction of sp³-hybridized carbons (Fsp3) is 0.300. The number of hydrogen-bond donors (Lipinski definition) is 0. The summed E-state index contributed by atoms with van der Waals surface area (Å²) in [6.45, 7) is 1.92. The Morgan fingerprint density at radius 3 is 2.39 bits per heavy atom. The monoisotopic (exact) mass is 308 g/mol. The van der Waals surface area contributed by atoms with Crippen molar-refractivity contribution < 1.29 is 14.5 Å². The molecule has 0 spiro atoms. The minimum atomic E-state index is -0.860. The zero-order valence-corrected chi connectivity index (χ0v) is 13.1. The third-order valence-corrected chi connectivity index (χ3v) is 4.55. The van der Waals surface area contributed by atoms with Crippen molar-refractivity contribution in [2.24, 2.45) is 0 Å². The summed E-state index contributed by atoms with van der Waals surface area (Å²) >= 11 is 0. The lowest BCUT2D eigenvalue weighted by atomic mass is 9.88. The zero-order valence-electron chi connectivity index (χ0n) is 13.1. The number of ether oxygens (including phenoxy) is 1. The van der Waals surface area contributed by atoms with Crippen LogP contribution in [0.3, 0.4) is 0 Å². The topological polar surface area (TPSA) is 27.7 Å². The Labute approximate surface area is 136 Å². The smallest absolute Gasteiger partial charge is 0.225 e. The molecule has 2 aromatic rings. The Hall–Kier alpha value is -1.94. The second-order valence-electron chi connectivity index (χ2n) is 6.17. The lowest BCUT2D eigenvalue weighted by Crippen LogP contribution is -2.48. The van der Waals surface area contributed by atoms with E-state index in [1.54, 1.807) is 0 Å². The quantitative estimate of drug-likeness (QED) is 0.767. The lowest BCUT2D eigenvalue weighted by Gasteiger charge is -2.43. The van der Waals surface area contributed by atoms with Crippen LogP contribution < -0.4 is 0 Å². The van der Waals surface area contributed by atoms with Gasteiger partial charge in [0.15, 0.2) is 0 Å². The summed E-state index contributed by atoms with van der Waals surface area (Å²) in [5.41, 5.74) is 3.28. The highest BCUT2D eigenvalue weighted by Gasteiger charge is 2.45. The Bertz CT molecular complexity index is 695. The van der Waals surface area contributed by atoms with Crippen molar-refractivity contribution in [3.8, 4) is 0 Å². The Kier molecular flexibility index (Phi) is 3.77. The van der Waals surface area contributed by atoms with Crippen molar-refractivity contribution in [3.05, 3.63) is 77.9 Å². The van der Waals surface area contributed by atoms with Crippen LogP contribution in [-0.2, 0) is 20.3 Å². The van der Waals surface area contributed by atoms with E-state index < -0.39 is 5.79 Å². The largest absolute Gasteiger partial charge is 0.337 e. The molecule has 2 aromatic carbocycles. The van der Waals surface area contributed by atoms with E-state index in [1.165, 1.54) is 0 Å². The fourth-order valence-electron chi connectivity index (χ4n) is 3.33. The lowest BCUT2D eigenvalue weighted by molar-refractivity contribution is -0.497. The van der Waals surface area contributed by atoms with Crippen molar-refractivity contribution in [1.29, 1.82) is 0 Å². The molecule has 0 aromatic heterocycles. The first-order chi connectivity index (χ1) is 11.3. The van der Waals surface area contributed by atoms with Crippen LogP contribution in [0, 0.1) is 0 Å². The fourth-order valence-corrected chi connectivity index (χ4v) is 3.33. The van der Waals surface area contributed by atoms with E-state index in [0.29, 0.717) is 0 Å². The van der Waals surface area contributed by atoms with E-state index in [1.807, 2.05) is 55.5 Å². The maximum atomic E-state index is 6.33. The van der Waals surface area contributed by atoms with Gasteiger partial charge in [-0.05, 0) is 30.9 Å². The first-order valence-electron chi connectivity index (χ1n) is 8.09. The summed E-state index contributed by atoms with van der Waals surface area (Å²) < 4.78 is 6.33. The second-order valence-corrected chi connectivity index (χ2v) is 6.17. The highest BCUT2D eigenvalue weighted by molar-refractivity contribution is 5.70. The number of allylic oxidation sites excluding steroid dienone is 1.